The zero-order valence-electron chi connectivity index (χ0n) is 37.2. The maximum Gasteiger partial charge on any atom is 0.143 e. The van der Waals surface area contributed by atoms with E-state index in [1.54, 1.807) is 0 Å². The van der Waals surface area contributed by atoms with E-state index in [-0.39, 0.29) is 0 Å². The van der Waals surface area contributed by atoms with E-state index >= 15 is 0 Å². The predicted octanol–water partition coefficient (Wildman–Crippen LogP) is 18.9. The van der Waals surface area contributed by atoms with Crippen LogP contribution in [-0.4, -0.2) is 0 Å². The molecule has 0 N–H and O–H groups in total. The van der Waals surface area contributed by atoms with Crippen LogP contribution in [0, 0.1) is 0 Å². The fourth-order valence-corrected chi connectivity index (χ4v) is 10.5. The molecule has 0 saturated carbocycles. The Balaban J connectivity index is 1.04. The summed E-state index contributed by atoms with van der Waals surface area (Å²) in [4.78, 5) is 2.43. The van der Waals surface area contributed by atoms with Crippen LogP contribution in [0.1, 0.15) is 0 Å². The average molecular weight is 866 g/mol. The van der Waals surface area contributed by atoms with Gasteiger partial charge in [-0.1, -0.05) is 212 Å². The largest absolute Gasteiger partial charge is 0.455 e. The van der Waals surface area contributed by atoms with Crippen LogP contribution in [0.3, 0.4) is 0 Å². The molecule has 0 spiro atoms. The number of rotatable bonds is 8. The van der Waals surface area contributed by atoms with Crippen molar-refractivity contribution in [3.8, 4) is 55.6 Å². The molecular formula is C66H43NO. The van der Waals surface area contributed by atoms with Crippen molar-refractivity contribution in [1.29, 1.82) is 0 Å². The van der Waals surface area contributed by atoms with Gasteiger partial charge in [0.1, 0.15) is 11.2 Å². The lowest BCUT2D eigenvalue weighted by atomic mass is 9.84. The van der Waals surface area contributed by atoms with Crippen LogP contribution in [0.15, 0.2) is 265 Å². The van der Waals surface area contributed by atoms with E-state index < -0.39 is 0 Å². The summed E-state index contributed by atoms with van der Waals surface area (Å²) in [5.41, 5.74) is 16.6. The number of benzene rings is 12. The number of anilines is 3. The molecule has 13 rings (SSSR count). The smallest absolute Gasteiger partial charge is 0.143 e. The monoisotopic (exact) mass is 865 g/mol. The van der Waals surface area contributed by atoms with Gasteiger partial charge in [-0.15, -0.1) is 0 Å². The number of hydrogen-bond acceptors (Lipinski definition) is 2. The lowest BCUT2D eigenvalue weighted by Gasteiger charge is -2.29. The molecule has 12 aromatic carbocycles. The highest BCUT2D eigenvalue weighted by Gasteiger charge is 2.22. The zero-order valence-corrected chi connectivity index (χ0v) is 37.2. The van der Waals surface area contributed by atoms with E-state index in [4.69, 9.17) is 4.42 Å². The second kappa shape index (κ2) is 16.5. The third kappa shape index (κ3) is 6.73. The fraction of sp³-hybridized carbons (Fsp3) is 0. The van der Waals surface area contributed by atoms with E-state index in [1.807, 2.05) is 6.07 Å². The maximum absolute atomic E-state index is 6.61. The van der Waals surface area contributed by atoms with Crippen LogP contribution in [-0.2, 0) is 0 Å². The Morgan fingerprint density at radius 3 is 1.57 bits per heavy atom. The van der Waals surface area contributed by atoms with Crippen molar-refractivity contribution in [2.45, 2.75) is 0 Å². The van der Waals surface area contributed by atoms with Gasteiger partial charge in [-0.05, 0) is 125 Å². The van der Waals surface area contributed by atoms with Gasteiger partial charge < -0.3 is 9.32 Å². The van der Waals surface area contributed by atoms with Gasteiger partial charge in [0.2, 0.25) is 0 Å². The quantitative estimate of drug-likeness (QED) is 0.142. The zero-order chi connectivity index (χ0) is 45.0. The molecule has 0 atom stereocenters. The molecule has 2 nitrogen and oxygen atoms in total. The van der Waals surface area contributed by atoms with Gasteiger partial charge in [-0.3, -0.25) is 0 Å². The molecule has 13 aromatic rings. The minimum absolute atomic E-state index is 0.891. The predicted molar refractivity (Wildman–Crippen MR) is 288 cm³/mol. The number of hydrogen-bond donors (Lipinski definition) is 0. The van der Waals surface area contributed by atoms with Crippen LogP contribution in [0.2, 0.25) is 0 Å². The highest BCUT2D eigenvalue weighted by Crippen LogP contribution is 2.48. The lowest BCUT2D eigenvalue weighted by molar-refractivity contribution is 0.670. The van der Waals surface area contributed by atoms with Gasteiger partial charge in [0.05, 0.1) is 5.69 Å². The van der Waals surface area contributed by atoms with E-state index in [2.05, 4.69) is 260 Å². The summed E-state index contributed by atoms with van der Waals surface area (Å²) in [5, 5.41) is 9.62. The number of fused-ring (bicyclic) bond motifs is 7. The molecule has 0 amide bonds. The molecule has 0 aliphatic rings. The lowest BCUT2D eigenvalue weighted by Crippen LogP contribution is -2.11. The summed E-state index contributed by atoms with van der Waals surface area (Å²) in [5.74, 6) is 0. The van der Waals surface area contributed by atoms with Crippen molar-refractivity contribution < 1.29 is 4.42 Å². The normalized spacial score (nSPS) is 11.5. The Morgan fingerprint density at radius 2 is 0.779 bits per heavy atom. The van der Waals surface area contributed by atoms with Gasteiger partial charge in [0, 0.05) is 33.3 Å². The van der Waals surface area contributed by atoms with Gasteiger partial charge in [-0.25, -0.2) is 0 Å². The standard InChI is InChI=1S/C66H43NO/c1-3-19-45(20-4-1)64-59-31-10-9-29-56(59)57-39-38-51(43-61(57)65(64)46-21-5-2-6-22-46)54-28-11-13-34-62(54)67(52-26-15-24-48(41-52)49-37-36-44-18-7-8-23-47(44)40-49)53-27-16-25-50(42-53)55-32-17-33-60-58-30-12-14-35-63(58)68-66(55)60/h1-43H. The molecule has 68 heavy (non-hydrogen) atoms. The maximum atomic E-state index is 6.61. The molecule has 1 aromatic heterocycles. The number of nitrogens with zero attached hydrogens (tertiary/aromatic N) is 1. The molecule has 2 heteroatoms. The summed E-state index contributed by atoms with van der Waals surface area (Å²) in [6.07, 6.45) is 0. The van der Waals surface area contributed by atoms with Gasteiger partial charge >= 0.3 is 0 Å². The SMILES string of the molecule is c1ccc(-c2c(-c3ccccc3)c3cc(-c4ccccc4N(c4cccc(-c5ccc6ccccc6c5)c4)c4cccc(-c5cccc6c5oc5ccccc56)c4)ccc3c3ccccc23)cc1. The van der Waals surface area contributed by atoms with Crippen LogP contribution in [0.4, 0.5) is 17.1 Å². The molecule has 0 aliphatic heterocycles. The Bertz CT molecular complexity index is 4030. The van der Waals surface area contributed by atoms with Crippen molar-refractivity contribution >= 4 is 71.3 Å². The molecule has 0 bridgehead atoms. The van der Waals surface area contributed by atoms with Crippen molar-refractivity contribution in [2.75, 3.05) is 4.90 Å². The average Bonchev–Trinajstić information content (AvgIpc) is 3.80. The van der Waals surface area contributed by atoms with Crippen molar-refractivity contribution in [1.82, 2.24) is 0 Å². The second-order valence-electron chi connectivity index (χ2n) is 17.6. The van der Waals surface area contributed by atoms with E-state index in [0.29, 0.717) is 0 Å². The van der Waals surface area contributed by atoms with Crippen LogP contribution in [0.25, 0.3) is 110 Å². The van der Waals surface area contributed by atoms with Crippen molar-refractivity contribution in [3.05, 3.63) is 261 Å². The molecule has 318 valence electrons. The molecule has 0 fully saturated rings. The fourth-order valence-electron chi connectivity index (χ4n) is 10.5. The number of furan rings is 1. The molecule has 0 radical (unpaired) electrons. The van der Waals surface area contributed by atoms with Gasteiger partial charge in [0.15, 0.2) is 0 Å². The van der Waals surface area contributed by atoms with Crippen molar-refractivity contribution in [2.24, 2.45) is 0 Å². The number of para-hydroxylation sites is 3. The topological polar surface area (TPSA) is 16.4 Å². The van der Waals surface area contributed by atoms with Crippen LogP contribution < -0.4 is 4.90 Å². The Hall–Kier alpha value is -8.98. The molecule has 0 aliphatic carbocycles. The molecule has 0 saturated heterocycles. The third-order valence-corrected chi connectivity index (χ3v) is 13.6. The highest BCUT2D eigenvalue weighted by molar-refractivity contribution is 6.22. The molecule has 1 heterocycles. The van der Waals surface area contributed by atoms with Gasteiger partial charge in [-0.2, -0.15) is 0 Å². The first-order chi connectivity index (χ1) is 33.7. The van der Waals surface area contributed by atoms with Crippen LogP contribution in [0.5, 0.6) is 0 Å². The van der Waals surface area contributed by atoms with E-state index in [9.17, 15) is 0 Å². The minimum Gasteiger partial charge on any atom is -0.455 e. The van der Waals surface area contributed by atoms with E-state index in [1.165, 1.54) is 60.1 Å². The molecule has 0 unspecified atom stereocenters. The Labute approximate surface area is 395 Å². The first-order valence-corrected chi connectivity index (χ1v) is 23.3. The Kier molecular flexibility index (Phi) is 9.54. The minimum atomic E-state index is 0.891. The Morgan fingerprint density at radius 1 is 0.265 bits per heavy atom. The summed E-state index contributed by atoms with van der Waals surface area (Å²) in [6, 6.07) is 94.6. The second-order valence-corrected chi connectivity index (χ2v) is 17.6. The summed E-state index contributed by atoms with van der Waals surface area (Å²) in [6.45, 7) is 0. The van der Waals surface area contributed by atoms with Crippen molar-refractivity contribution in [3.63, 3.8) is 0 Å². The van der Waals surface area contributed by atoms with Gasteiger partial charge in [0.25, 0.3) is 0 Å². The van der Waals surface area contributed by atoms with E-state index in [0.717, 1.165) is 66.8 Å². The third-order valence-electron chi connectivity index (χ3n) is 13.6. The molecular weight excluding hydrogens is 823 g/mol. The summed E-state index contributed by atoms with van der Waals surface area (Å²) in [7, 11) is 0. The highest BCUT2D eigenvalue weighted by atomic mass is 16.3. The summed E-state index contributed by atoms with van der Waals surface area (Å²) < 4.78 is 6.61. The van der Waals surface area contributed by atoms with Crippen LogP contribution >= 0.6 is 0 Å². The first-order valence-electron chi connectivity index (χ1n) is 23.3. The first kappa shape index (κ1) is 39.4. The summed E-state index contributed by atoms with van der Waals surface area (Å²) >= 11 is 0.